The Bertz CT molecular complexity index is 524. The quantitative estimate of drug-likeness (QED) is 0.698. The van der Waals surface area contributed by atoms with Crippen LogP contribution in [0.25, 0.3) is 6.08 Å². The lowest BCUT2D eigenvalue weighted by atomic mass is 10.1. The van der Waals surface area contributed by atoms with Gasteiger partial charge in [0.2, 0.25) is 0 Å². The number of ether oxygens (including phenoxy) is 1. The van der Waals surface area contributed by atoms with Gasteiger partial charge in [0.05, 0.1) is 0 Å². The average Bonchev–Trinajstić information content (AvgIpc) is 2.49. The first-order valence-electron chi connectivity index (χ1n) is 7.19. The van der Waals surface area contributed by atoms with Crippen LogP contribution < -0.4 is 4.74 Å². The molecule has 20 heavy (non-hydrogen) atoms. The second-order valence-electron chi connectivity index (χ2n) is 4.35. The molecule has 0 heterocycles. The Hall–Kier alpha value is -2.02. The normalized spacial score (nSPS) is 10.0. The molecule has 0 radical (unpaired) electrons. The fourth-order valence-corrected chi connectivity index (χ4v) is 1.84. The Kier molecular flexibility index (Phi) is 7.20. The highest BCUT2D eigenvalue weighted by Crippen LogP contribution is 2.15. The number of hydrogen-bond acceptors (Lipinski definition) is 1. The minimum Gasteiger partial charge on any atom is -0.489 e. The summed E-state index contributed by atoms with van der Waals surface area (Å²) < 4.78 is 5.76. The van der Waals surface area contributed by atoms with E-state index in [-0.39, 0.29) is 0 Å². The lowest BCUT2D eigenvalue weighted by molar-refractivity contribution is 0.306. The number of rotatable bonds is 4. The number of aryl methyl sites for hydroxylation is 1. The Labute approximate surface area is 122 Å². The lowest BCUT2D eigenvalue weighted by Gasteiger charge is -2.07. The van der Waals surface area contributed by atoms with Crippen molar-refractivity contribution in [2.24, 2.45) is 0 Å². The molecule has 2 rings (SSSR count). The summed E-state index contributed by atoms with van der Waals surface area (Å²) in [6, 6.07) is 16.5. The molecule has 0 unspecified atom stereocenters. The maximum absolute atomic E-state index is 5.76. The Morgan fingerprint density at radius 3 is 2.30 bits per heavy atom. The molecular weight excluding hydrogens is 244 g/mol. The lowest BCUT2D eigenvalue weighted by Crippen LogP contribution is -1.95. The monoisotopic (exact) mass is 268 g/mol. The van der Waals surface area contributed by atoms with Gasteiger partial charge in [-0.1, -0.05) is 68.0 Å². The van der Waals surface area contributed by atoms with Crippen LogP contribution in [0, 0.1) is 6.92 Å². The average molecular weight is 268 g/mol. The minimum atomic E-state index is 0.616. The third-order valence-electron chi connectivity index (χ3n) is 2.73. The topological polar surface area (TPSA) is 9.23 Å². The second kappa shape index (κ2) is 8.98. The van der Waals surface area contributed by atoms with Crippen LogP contribution in [0.2, 0.25) is 0 Å². The summed E-state index contributed by atoms with van der Waals surface area (Å²) >= 11 is 0. The van der Waals surface area contributed by atoms with Gasteiger partial charge in [0.15, 0.2) is 0 Å². The van der Waals surface area contributed by atoms with Gasteiger partial charge in [-0.25, -0.2) is 0 Å². The summed E-state index contributed by atoms with van der Waals surface area (Å²) in [4.78, 5) is 0. The summed E-state index contributed by atoms with van der Waals surface area (Å²) in [5.41, 5.74) is 3.66. The summed E-state index contributed by atoms with van der Waals surface area (Å²) in [5.74, 6) is 0.907. The van der Waals surface area contributed by atoms with E-state index in [0.29, 0.717) is 6.61 Å². The predicted molar refractivity (Wildman–Crippen MR) is 88.0 cm³/mol. The van der Waals surface area contributed by atoms with Crippen molar-refractivity contribution in [2.45, 2.75) is 34.3 Å². The second-order valence-corrected chi connectivity index (χ2v) is 4.35. The highest BCUT2D eigenvalue weighted by atomic mass is 16.5. The fraction of sp³-hybridized carbons (Fsp3) is 0.263. The summed E-state index contributed by atoms with van der Waals surface area (Å²) in [6.07, 6.45) is 4.10. The van der Waals surface area contributed by atoms with Crippen LogP contribution in [0.4, 0.5) is 0 Å². The zero-order valence-corrected chi connectivity index (χ0v) is 12.9. The molecule has 0 spiro atoms. The molecule has 0 aromatic heterocycles. The Morgan fingerprint density at radius 2 is 1.70 bits per heavy atom. The Morgan fingerprint density at radius 1 is 1.00 bits per heavy atom. The van der Waals surface area contributed by atoms with Crippen molar-refractivity contribution >= 4 is 6.08 Å². The molecule has 0 aliphatic rings. The number of hydrogen-bond donors (Lipinski definition) is 0. The van der Waals surface area contributed by atoms with Crippen LogP contribution in [0.3, 0.4) is 0 Å². The van der Waals surface area contributed by atoms with Crippen molar-refractivity contribution in [3.05, 3.63) is 71.3 Å². The predicted octanol–water partition coefficient (Wildman–Crippen LogP) is 5.63. The highest BCUT2D eigenvalue weighted by molar-refractivity contribution is 5.50. The maximum Gasteiger partial charge on any atom is 0.119 e. The highest BCUT2D eigenvalue weighted by Gasteiger charge is 1.96. The molecule has 0 N–H and O–H groups in total. The van der Waals surface area contributed by atoms with Gasteiger partial charge >= 0.3 is 0 Å². The third kappa shape index (κ3) is 5.31. The van der Waals surface area contributed by atoms with E-state index >= 15 is 0 Å². The molecule has 1 nitrogen and oxygen atoms in total. The van der Waals surface area contributed by atoms with E-state index in [1.54, 1.807) is 0 Å². The molecule has 0 amide bonds. The van der Waals surface area contributed by atoms with Crippen LogP contribution >= 0.6 is 0 Å². The van der Waals surface area contributed by atoms with Crippen LogP contribution in [-0.4, -0.2) is 0 Å². The van der Waals surface area contributed by atoms with Crippen molar-refractivity contribution in [1.29, 1.82) is 0 Å². The van der Waals surface area contributed by atoms with E-state index in [1.165, 1.54) is 16.7 Å². The van der Waals surface area contributed by atoms with Crippen molar-refractivity contribution < 1.29 is 4.74 Å². The standard InChI is InChI=1S/C17H18O.C2H6/c1-3-5-15-8-10-17(11-9-15)18-13-16-7-4-6-14(2)12-16;1-2/h3-12H,13H2,1-2H3;1-2H3/b5-3+;. The van der Waals surface area contributed by atoms with Crippen LogP contribution in [0.15, 0.2) is 54.6 Å². The van der Waals surface area contributed by atoms with Crippen LogP contribution in [-0.2, 0) is 6.61 Å². The molecule has 0 saturated heterocycles. The molecule has 0 aliphatic carbocycles. The van der Waals surface area contributed by atoms with Gasteiger partial charge in [0, 0.05) is 0 Å². The zero-order valence-electron chi connectivity index (χ0n) is 12.9. The molecule has 0 saturated carbocycles. The first-order chi connectivity index (χ1) is 9.78. The SMILES string of the molecule is C/C=C/c1ccc(OCc2cccc(C)c2)cc1.CC. The summed E-state index contributed by atoms with van der Waals surface area (Å²) in [5, 5.41) is 0. The van der Waals surface area contributed by atoms with Gasteiger partial charge in [0.25, 0.3) is 0 Å². The Balaban J connectivity index is 0.000000956. The van der Waals surface area contributed by atoms with Gasteiger partial charge in [-0.3, -0.25) is 0 Å². The molecule has 0 atom stereocenters. The van der Waals surface area contributed by atoms with Gasteiger partial charge in [-0.15, -0.1) is 0 Å². The summed E-state index contributed by atoms with van der Waals surface area (Å²) in [7, 11) is 0. The van der Waals surface area contributed by atoms with E-state index in [9.17, 15) is 0 Å². The molecule has 1 heteroatoms. The molecule has 0 bridgehead atoms. The van der Waals surface area contributed by atoms with Crippen molar-refractivity contribution in [3.63, 3.8) is 0 Å². The van der Waals surface area contributed by atoms with Crippen LogP contribution in [0.5, 0.6) is 5.75 Å². The van der Waals surface area contributed by atoms with Crippen molar-refractivity contribution in [2.75, 3.05) is 0 Å². The van der Waals surface area contributed by atoms with Crippen LogP contribution in [0.1, 0.15) is 37.5 Å². The van der Waals surface area contributed by atoms with Gasteiger partial charge in [-0.05, 0) is 37.1 Å². The molecular formula is C19H24O. The zero-order chi connectivity index (χ0) is 14.8. The largest absolute Gasteiger partial charge is 0.489 e. The number of allylic oxidation sites excluding steroid dienone is 1. The number of benzene rings is 2. The van der Waals surface area contributed by atoms with E-state index in [2.05, 4.69) is 49.4 Å². The molecule has 2 aromatic rings. The third-order valence-corrected chi connectivity index (χ3v) is 2.73. The molecule has 2 aromatic carbocycles. The molecule has 106 valence electrons. The van der Waals surface area contributed by atoms with Gasteiger partial charge < -0.3 is 4.74 Å². The van der Waals surface area contributed by atoms with E-state index in [0.717, 1.165) is 5.75 Å². The maximum atomic E-state index is 5.76. The summed E-state index contributed by atoms with van der Waals surface area (Å²) in [6.45, 7) is 8.72. The molecule has 0 fully saturated rings. The smallest absolute Gasteiger partial charge is 0.119 e. The van der Waals surface area contributed by atoms with E-state index < -0.39 is 0 Å². The van der Waals surface area contributed by atoms with E-state index in [4.69, 9.17) is 4.74 Å². The first kappa shape index (κ1) is 16.0. The fourth-order valence-electron chi connectivity index (χ4n) is 1.84. The van der Waals surface area contributed by atoms with E-state index in [1.807, 2.05) is 39.0 Å². The minimum absolute atomic E-state index is 0.616. The molecule has 0 aliphatic heterocycles. The first-order valence-corrected chi connectivity index (χ1v) is 7.19. The van der Waals surface area contributed by atoms with Gasteiger partial charge in [-0.2, -0.15) is 0 Å². The van der Waals surface area contributed by atoms with Gasteiger partial charge in [0.1, 0.15) is 12.4 Å². The van der Waals surface area contributed by atoms with Crippen molar-refractivity contribution in [3.8, 4) is 5.75 Å². The van der Waals surface area contributed by atoms with Crippen molar-refractivity contribution in [1.82, 2.24) is 0 Å².